The molecule has 0 bridgehead atoms. The Morgan fingerprint density at radius 1 is 0.676 bits per heavy atom. The summed E-state index contributed by atoms with van der Waals surface area (Å²) >= 11 is 0. The monoisotopic (exact) mass is 456 g/mol. The number of hydrogen-bond acceptors (Lipinski definition) is 2. The molecule has 0 atom stereocenters. The summed E-state index contributed by atoms with van der Waals surface area (Å²) in [4.78, 5) is 6.64. The summed E-state index contributed by atoms with van der Waals surface area (Å²) in [5.41, 5.74) is 0.993. The van der Waals surface area contributed by atoms with Crippen molar-refractivity contribution in [3.63, 3.8) is 0 Å². The summed E-state index contributed by atoms with van der Waals surface area (Å²) in [6.07, 6.45) is 21.8. The smallest absolute Gasteiger partial charge is 0.226 e. The van der Waals surface area contributed by atoms with Crippen molar-refractivity contribution in [2.45, 2.75) is 116 Å². The molecule has 34 heavy (non-hydrogen) atoms. The molecule has 0 spiro atoms. The first-order valence-electron chi connectivity index (χ1n) is 13.1. The fraction of sp³-hybridized carbons (Fsp3) is 0.600. The molecule has 180 valence electrons. The standard InChI is InChI=1S/C30H40N4/c1-4-5-6-7-8-9-10-11-12-13-14-15-16-17-18-19-20-26-23-27(29(24-31)33-2)21-22-28(26)30(25-32)34-3/h21-23H,4-20H2,1H3/b29-27+,30-28+. The summed E-state index contributed by atoms with van der Waals surface area (Å²) in [5, 5.41) is 19.6. The maximum Gasteiger partial charge on any atom is 0.269 e. The van der Waals surface area contributed by atoms with E-state index in [1.54, 1.807) is 18.2 Å². The van der Waals surface area contributed by atoms with Gasteiger partial charge in [-0.2, -0.15) is 0 Å². The highest BCUT2D eigenvalue weighted by Gasteiger charge is 2.05. The average molecular weight is 457 g/mol. The van der Waals surface area contributed by atoms with Crippen LogP contribution in [0.3, 0.4) is 0 Å². The molecule has 4 nitrogen and oxygen atoms in total. The molecule has 0 saturated carbocycles. The lowest BCUT2D eigenvalue weighted by atomic mass is 10.0. The van der Waals surface area contributed by atoms with Crippen LogP contribution >= 0.6 is 0 Å². The highest BCUT2D eigenvalue weighted by Crippen LogP contribution is 2.14. The molecule has 0 aliphatic heterocycles. The fourth-order valence-corrected chi connectivity index (χ4v) is 4.34. The summed E-state index contributed by atoms with van der Waals surface area (Å²) in [6.45, 7) is 16.7. The van der Waals surface area contributed by atoms with Gasteiger partial charge >= 0.3 is 0 Å². The molecule has 0 fully saturated rings. The van der Waals surface area contributed by atoms with E-state index < -0.39 is 0 Å². The Morgan fingerprint density at radius 3 is 1.53 bits per heavy atom. The Balaban J connectivity index is 2.32. The van der Waals surface area contributed by atoms with Gasteiger partial charge in [-0.3, -0.25) is 0 Å². The second kappa shape index (κ2) is 19.4. The lowest BCUT2D eigenvalue weighted by Gasteiger charge is -2.05. The van der Waals surface area contributed by atoms with Crippen LogP contribution in [0.15, 0.2) is 18.2 Å². The third-order valence-electron chi connectivity index (χ3n) is 6.37. The maximum absolute atomic E-state index is 9.28. The van der Waals surface area contributed by atoms with Crippen LogP contribution in [0.25, 0.3) is 21.1 Å². The number of nitrogens with zero attached hydrogens (tertiary/aromatic N) is 4. The first kappa shape index (κ1) is 29.0. The van der Waals surface area contributed by atoms with Crippen molar-refractivity contribution in [2.75, 3.05) is 0 Å². The molecule has 0 unspecified atom stereocenters. The molecular weight excluding hydrogens is 416 g/mol. The van der Waals surface area contributed by atoms with Gasteiger partial charge in [-0.05, 0) is 23.3 Å². The van der Waals surface area contributed by atoms with Gasteiger partial charge < -0.3 is 0 Å². The Bertz CT molecular complexity index is 976. The zero-order valence-electron chi connectivity index (χ0n) is 21.0. The van der Waals surface area contributed by atoms with Crippen molar-refractivity contribution >= 4 is 11.4 Å². The van der Waals surface area contributed by atoms with Crippen LogP contribution in [-0.2, 0) is 6.42 Å². The number of aryl methyl sites for hydroxylation is 1. The Hall–Kier alpha value is -3.08. The van der Waals surface area contributed by atoms with Crippen LogP contribution in [-0.4, -0.2) is 0 Å². The van der Waals surface area contributed by atoms with Gasteiger partial charge in [0.2, 0.25) is 0 Å². The second-order valence-corrected chi connectivity index (χ2v) is 9.07. The number of hydrogen-bond donors (Lipinski definition) is 0. The second-order valence-electron chi connectivity index (χ2n) is 9.07. The van der Waals surface area contributed by atoms with E-state index in [-0.39, 0.29) is 11.4 Å². The zero-order chi connectivity index (χ0) is 24.9. The summed E-state index contributed by atoms with van der Waals surface area (Å²) in [5.74, 6) is 0. The minimum absolute atomic E-state index is 0.0427. The SMILES string of the molecule is [C-]#[N+]/C(C#N)=c1\cc/c(=C(/C#N)[N+]#[C-])c(CCCCCCCCCCCCCCCCCC)c1. The molecule has 0 amide bonds. The van der Waals surface area contributed by atoms with E-state index in [2.05, 4.69) is 16.6 Å². The third-order valence-corrected chi connectivity index (χ3v) is 6.37. The van der Waals surface area contributed by atoms with Gasteiger partial charge in [-0.25, -0.2) is 20.2 Å². The first-order valence-corrected chi connectivity index (χ1v) is 13.1. The van der Waals surface area contributed by atoms with Gasteiger partial charge in [-0.15, -0.1) is 0 Å². The predicted molar refractivity (Wildman–Crippen MR) is 140 cm³/mol. The van der Waals surface area contributed by atoms with Crippen molar-refractivity contribution < 1.29 is 0 Å². The van der Waals surface area contributed by atoms with Crippen molar-refractivity contribution in [1.29, 1.82) is 10.5 Å². The fourth-order valence-electron chi connectivity index (χ4n) is 4.34. The molecule has 0 aliphatic rings. The molecule has 1 rings (SSSR count). The van der Waals surface area contributed by atoms with Gasteiger partial charge in [0.15, 0.2) is 0 Å². The lowest BCUT2D eigenvalue weighted by molar-refractivity contribution is 0.529. The summed E-state index contributed by atoms with van der Waals surface area (Å²) < 4.78 is 0. The van der Waals surface area contributed by atoms with Crippen LogP contribution in [0.2, 0.25) is 0 Å². The molecular formula is C30H40N4. The van der Waals surface area contributed by atoms with Crippen molar-refractivity contribution in [3.05, 3.63) is 57.0 Å². The normalized spacial score (nSPS) is 12.1. The number of nitriles is 2. The van der Waals surface area contributed by atoms with Crippen molar-refractivity contribution in [3.8, 4) is 12.1 Å². The van der Waals surface area contributed by atoms with Gasteiger partial charge in [0.05, 0.1) is 25.3 Å². The minimum atomic E-state index is 0.0427. The predicted octanol–water partition coefficient (Wildman–Crippen LogP) is 7.59. The Labute approximate surface area is 207 Å². The first-order chi connectivity index (χ1) is 16.7. The number of rotatable bonds is 17. The largest absolute Gasteiger partial charge is 0.269 e. The van der Waals surface area contributed by atoms with Crippen LogP contribution in [0.5, 0.6) is 0 Å². The molecule has 0 aromatic heterocycles. The van der Waals surface area contributed by atoms with E-state index in [4.69, 9.17) is 18.4 Å². The van der Waals surface area contributed by atoms with E-state index >= 15 is 0 Å². The van der Waals surface area contributed by atoms with Gasteiger partial charge in [0.1, 0.15) is 0 Å². The van der Waals surface area contributed by atoms with Gasteiger partial charge in [0.25, 0.3) is 11.4 Å². The Kier molecular flexibility index (Phi) is 16.5. The highest BCUT2D eigenvalue weighted by molar-refractivity contribution is 5.68. The van der Waals surface area contributed by atoms with Gasteiger partial charge in [-0.1, -0.05) is 127 Å². The third kappa shape index (κ3) is 11.7. The van der Waals surface area contributed by atoms with Crippen LogP contribution in [0.4, 0.5) is 0 Å². The highest BCUT2D eigenvalue weighted by atomic mass is 14.7. The molecule has 0 saturated heterocycles. The topological polar surface area (TPSA) is 56.3 Å². The molecule has 0 N–H and O–H groups in total. The maximum atomic E-state index is 9.28. The molecule has 0 heterocycles. The van der Waals surface area contributed by atoms with E-state index in [0.717, 1.165) is 24.8 Å². The molecule has 1 aromatic rings. The van der Waals surface area contributed by atoms with E-state index in [1.165, 1.54) is 89.9 Å². The number of benzene rings is 1. The van der Waals surface area contributed by atoms with Crippen LogP contribution in [0.1, 0.15) is 115 Å². The van der Waals surface area contributed by atoms with E-state index in [1.807, 2.05) is 12.1 Å². The quantitative estimate of drug-likeness (QED) is 0.179. The summed E-state index contributed by atoms with van der Waals surface area (Å²) in [7, 11) is 0. The number of unbranched alkanes of at least 4 members (excludes halogenated alkanes) is 15. The zero-order valence-corrected chi connectivity index (χ0v) is 21.0. The molecule has 0 aliphatic carbocycles. The molecule has 4 heteroatoms. The van der Waals surface area contributed by atoms with Gasteiger partial charge in [0, 0.05) is 0 Å². The minimum Gasteiger partial charge on any atom is -0.226 e. The van der Waals surface area contributed by atoms with Crippen LogP contribution in [0, 0.1) is 35.8 Å². The lowest BCUT2D eigenvalue weighted by Crippen LogP contribution is -2.18. The molecule has 1 aromatic carbocycles. The van der Waals surface area contributed by atoms with E-state index in [9.17, 15) is 5.26 Å². The Morgan fingerprint density at radius 2 is 1.12 bits per heavy atom. The average Bonchev–Trinajstić information content (AvgIpc) is 2.86. The van der Waals surface area contributed by atoms with Crippen molar-refractivity contribution in [2.24, 2.45) is 0 Å². The van der Waals surface area contributed by atoms with Crippen LogP contribution < -0.4 is 10.4 Å². The summed E-state index contributed by atoms with van der Waals surface area (Å²) in [6, 6.07) is 9.07. The van der Waals surface area contributed by atoms with E-state index in [0.29, 0.717) is 10.4 Å². The molecule has 0 radical (unpaired) electrons. The van der Waals surface area contributed by atoms with Crippen molar-refractivity contribution in [1.82, 2.24) is 0 Å².